The van der Waals surface area contributed by atoms with Crippen molar-refractivity contribution < 1.29 is 18.0 Å². The van der Waals surface area contributed by atoms with Crippen LogP contribution in [0.15, 0.2) is 71.6 Å². The SMILES string of the molecule is CC[C@H](C)NC(=O)[C@H](CC)N(Cc1ccc(Cl)c(Cl)c1)C(=O)CN(c1cccc(C)c1)S(=O)(=O)c1ccc(C)cc1. The van der Waals surface area contributed by atoms with Crippen LogP contribution in [-0.2, 0) is 26.2 Å². The zero-order valence-corrected chi connectivity index (χ0v) is 26.4. The Morgan fingerprint density at radius 3 is 2.15 bits per heavy atom. The molecule has 220 valence electrons. The molecular formula is C31H37Cl2N3O4S. The number of anilines is 1. The summed E-state index contributed by atoms with van der Waals surface area (Å²) in [5.74, 6) is -0.835. The van der Waals surface area contributed by atoms with Crippen LogP contribution >= 0.6 is 23.2 Å². The van der Waals surface area contributed by atoms with Crippen molar-refractivity contribution >= 4 is 50.7 Å². The van der Waals surface area contributed by atoms with Crippen LogP contribution in [0.2, 0.25) is 10.0 Å². The summed E-state index contributed by atoms with van der Waals surface area (Å²) in [6, 6.07) is 17.5. The fraction of sp³-hybridized carbons (Fsp3) is 0.355. The summed E-state index contributed by atoms with van der Waals surface area (Å²) in [5.41, 5.74) is 2.76. The summed E-state index contributed by atoms with van der Waals surface area (Å²) in [4.78, 5) is 29.0. The summed E-state index contributed by atoms with van der Waals surface area (Å²) in [6.45, 7) is 8.92. The molecule has 0 aliphatic heterocycles. The molecule has 0 unspecified atom stereocenters. The molecule has 0 aliphatic carbocycles. The third kappa shape index (κ3) is 8.24. The zero-order chi connectivity index (χ0) is 30.3. The molecule has 10 heteroatoms. The summed E-state index contributed by atoms with van der Waals surface area (Å²) in [7, 11) is -4.13. The highest BCUT2D eigenvalue weighted by atomic mass is 35.5. The van der Waals surface area contributed by atoms with Gasteiger partial charge in [-0.15, -0.1) is 0 Å². The van der Waals surface area contributed by atoms with Crippen LogP contribution in [0.1, 0.15) is 50.3 Å². The third-order valence-electron chi connectivity index (χ3n) is 6.90. The van der Waals surface area contributed by atoms with Crippen LogP contribution in [0.25, 0.3) is 0 Å². The molecule has 0 spiro atoms. The van der Waals surface area contributed by atoms with Crippen molar-refractivity contribution in [1.29, 1.82) is 0 Å². The van der Waals surface area contributed by atoms with E-state index in [0.29, 0.717) is 27.7 Å². The molecule has 2 amide bonds. The Morgan fingerprint density at radius 2 is 1.56 bits per heavy atom. The first-order valence-electron chi connectivity index (χ1n) is 13.6. The van der Waals surface area contributed by atoms with Crippen molar-refractivity contribution in [2.24, 2.45) is 0 Å². The van der Waals surface area contributed by atoms with E-state index < -0.39 is 28.5 Å². The lowest BCUT2D eigenvalue weighted by Crippen LogP contribution is -2.53. The average Bonchev–Trinajstić information content (AvgIpc) is 2.93. The molecule has 2 atom stereocenters. The lowest BCUT2D eigenvalue weighted by Gasteiger charge is -2.34. The predicted octanol–water partition coefficient (Wildman–Crippen LogP) is 6.53. The first-order valence-corrected chi connectivity index (χ1v) is 15.8. The Hall–Kier alpha value is -3.07. The van der Waals surface area contributed by atoms with Crippen LogP contribution in [0, 0.1) is 13.8 Å². The molecule has 0 saturated carbocycles. The van der Waals surface area contributed by atoms with Crippen LogP contribution in [0.4, 0.5) is 5.69 Å². The maximum Gasteiger partial charge on any atom is 0.264 e. The van der Waals surface area contributed by atoms with E-state index in [0.717, 1.165) is 21.9 Å². The minimum atomic E-state index is -4.13. The topological polar surface area (TPSA) is 86.8 Å². The number of aryl methyl sites for hydroxylation is 2. The minimum absolute atomic E-state index is 0.0361. The van der Waals surface area contributed by atoms with E-state index in [1.165, 1.54) is 17.0 Å². The summed E-state index contributed by atoms with van der Waals surface area (Å²) in [6.07, 6.45) is 1.04. The second-order valence-corrected chi connectivity index (χ2v) is 12.9. The van der Waals surface area contributed by atoms with Gasteiger partial charge in [-0.05, 0) is 81.1 Å². The molecule has 3 rings (SSSR count). The Bertz CT molecular complexity index is 1480. The number of hydrogen-bond donors (Lipinski definition) is 1. The van der Waals surface area contributed by atoms with Gasteiger partial charge in [-0.25, -0.2) is 8.42 Å². The number of nitrogens with zero attached hydrogens (tertiary/aromatic N) is 2. The van der Waals surface area contributed by atoms with Gasteiger partial charge in [0, 0.05) is 12.6 Å². The smallest absolute Gasteiger partial charge is 0.264 e. The van der Waals surface area contributed by atoms with E-state index in [-0.39, 0.29) is 23.4 Å². The van der Waals surface area contributed by atoms with Gasteiger partial charge >= 0.3 is 0 Å². The second kappa shape index (κ2) is 14.2. The van der Waals surface area contributed by atoms with Gasteiger partial charge < -0.3 is 10.2 Å². The fourth-order valence-corrected chi connectivity index (χ4v) is 6.07. The number of benzene rings is 3. The molecule has 0 bridgehead atoms. The van der Waals surface area contributed by atoms with E-state index in [4.69, 9.17) is 23.2 Å². The molecule has 1 N–H and O–H groups in total. The van der Waals surface area contributed by atoms with Gasteiger partial charge in [0.05, 0.1) is 20.6 Å². The second-order valence-electron chi connectivity index (χ2n) is 10.2. The Labute approximate surface area is 253 Å². The molecule has 0 radical (unpaired) electrons. The van der Waals surface area contributed by atoms with Crippen LogP contribution in [-0.4, -0.2) is 43.8 Å². The molecule has 0 aromatic heterocycles. The Balaban J connectivity index is 2.08. The van der Waals surface area contributed by atoms with Crippen LogP contribution < -0.4 is 9.62 Å². The molecule has 0 saturated heterocycles. The first kappa shape index (κ1) is 32.4. The maximum absolute atomic E-state index is 14.1. The van der Waals surface area contributed by atoms with Crippen molar-refractivity contribution in [3.05, 3.63) is 93.5 Å². The standard InChI is InChI=1S/C31H37Cl2N3O4S/c1-6-23(5)34-31(38)29(7-2)35(19-24-13-16-27(32)28(33)18-24)30(37)20-36(25-10-8-9-22(4)17-25)41(39,40)26-14-11-21(3)12-15-26/h8-18,23,29H,6-7,19-20H2,1-5H3,(H,34,38)/t23-,29-/m0/s1. The van der Waals surface area contributed by atoms with Crippen molar-refractivity contribution in [1.82, 2.24) is 10.2 Å². The lowest BCUT2D eigenvalue weighted by molar-refractivity contribution is -0.140. The van der Waals surface area contributed by atoms with Crippen molar-refractivity contribution in [3.8, 4) is 0 Å². The van der Waals surface area contributed by atoms with Crippen molar-refractivity contribution in [3.63, 3.8) is 0 Å². The predicted molar refractivity (Wildman–Crippen MR) is 166 cm³/mol. The highest BCUT2D eigenvalue weighted by Crippen LogP contribution is 2.27. The van der Waals surface area contributed by atoms with E-state index in [9.17, 15) is 18.0 Å². The van der Waals surface area contributed by atoms with Gasteiger partial charge in [-0.3, -0.25) is 13.9 Å². The average molecular weight is 619 g/mol. The van der Waals surface area contributed by atoms with Crippen molar-refractivity contribution in [2.45, 2.75) is 71.0 Å². The van der Waals surface area contributed by atoms with Crippen molar-refractivity contribution in [2.75, 3.05) is 10.8 Å². The number of amides is 2. The van der Waals surface area contributed by atoms with Gasteiger partial charge in [-0.2, -0.15) is 0 Å². The highest BCUT2D eigenvalue weighted by Gasteiger charge is 2.34. The zero-order valence-electron chi connectivity index (χ0n) is 24.0. The quantitative estimate of drug-likeness (QED) is 0.250. The third-order valence-corrected chi connectivity index (χ3v) is 9.43. The number of nitrogens with one attached hydrogen (secondary N) is 1. The van der Waals surface area contributed by atoms with Gasteiger partial charge in [0.15, 0.2) is 0 Å². The summed E-state index contributed by atoms with van der Waals surface area (Å²) >= 11 is 12.4. The van der Waals surface area contributed by atoms with Crippen LogP contribution in [0.5, 0.6) is 0 Å². The number of hydrogen-bond acceptors (Lipinski definition) is 4. The molecule has 0 heterocycles. The van der Waals surface area contributed by atoms with Gasteiger partial charge in [0.2, 0.25) is 11.8 Å². The number of carbonyl (C=O) groups excluding carboxylic acids is 2. The Kier molecular flexibility index (Phi) is 11.2. The number of sulfonamides is 1. The normalized spacial score (nSPS) is 12.9. The van der Waals surface area contributed by atoms with E-state index in [1.807, 2.05) is 40.7 Å². The molecule has 7 nitrogen and oxygen atoms in total. The van der Waals surface area contributed by atoms with Gasteiger partial charge in [-0.1, -0.05) is 72.9 Å². The largest absolute Gasteiger partial charge is 0.352 e. The number of rotatable bonds is 12. The summed E-state index contributed by atoms with van der Waals surface area (Å²) < 4.78 is 29.0. The van der Waals surface area contributed by atoms with E-state index in [1.54, 1.807) is 48.5 Å². The maximum atomic E-state index is 14.1. The van der Waals surface area contributed by atoms with Gasteiger partial charge in [0.1, 0.15) is 12.6 Å². The molecule has 3 aromatic carbocycles. The fourth-order valence-electron chi connectivity index (χ4n) is 4.34. The summed E-state index contributed by atoms with van der Waals surface area (Å²) in [5, 5.41) is 3.65. The van der Waals surface area contributed by atoms with E-state index >= 15 is 0 Å². The molecule has 0 aliphatic rings. The van der Waals surface area contributed by atoms with Gasteiger partial charge in [0.25, 0.3) is 10.0 Å². The highest BCUT2D eigenvalue weighted by molar-refractivity contribution is 7.92. The molecule has 0 fully saturated rings. The molecule has 3 aromatic rings. The monoisotopic (exact) mass is 617 g/mol. The number of carbonyl (C=O) groups is 2. The number of halogens is 2. The first-order chi connectivity index (χ1) is 19.4. The Morgan fingerprint density at radius 1 is 0.878 bits per heavy atom. The lowest BCUT2D eigenvalue weighted by atomic mass is 10.1. The minimum Gasteiger partial charge on any atom is -0.352 e. The van der Waals surface area contributed by atoms with Crippen LogP contribution in [0.3, 0.4) is 0 Å². The molecular weight excluding hydrogens is 581 g/mol. The van der Waals surface area contributed by atoms with E-state index in [2.05, 4.69) is 5.32 Å². The molecule has 41 heavy (non-hydrogen) atoms.